The van der Waals surface area contributed by atoms with Crippen molar-refractivity contribution in [2.75, 3.05) is 31.5 Å². The number of piperidine rings is 2. The molecule has 2 atom stereocenters. The predicted octanol–water partition coefficient (Wildman–Crippen LogP) is 3.45. The van der Waals surface area contributed by atoms with Crippen LogP contribution in [0.3, 0.4) is 0 Å². The van der Waals surface area contributed by atoms with Crippen molar-refractivity contribution in [3.8, 4) is 0 Å². The second-order valence-corrected chi connectivity index (χ2v) is 11.2. The lowest BCUT2D eigenvalue weighted by Crippen LogP contribution is -2.50. The minimum absolute atomic E-state index is 0.0214. The topological polar surface area (TPSA) is 100 Å². The third kappa shape index (κ3) is 4.90. The molecule has 0 unspecified atom stereocenters. The largest absolute Gasteiger partial charge is 0.337 e. The molecule has 1 aromatic carbocycles. The molecule has 10 heteroatoms. The summed E-state index contributed by atoms with van der Waals surface area (Å²) in [5.41, 5.74) is 2.56. The third-order valence-corrected chi connectivity index (χ3v) is 8.59. The van der Waals surface area contributed by atoms with E-state index in [4.69, 9.17) is 0 Å². The minimum Gasteiger partial charge on any atom is -0.337 e. The van der Waals surface area contributed by atoms with E-state index in [2.05, 4.69) is 39.2 Å². The highest BCUT2D eigenvalue weighted by Crippen LogP contribution is 2.35. The van der Waals surface area contributed by atoms with E-state index in [0.29, 0.717) is 43.6 Å². The smallest absolute Gasteiger partial charge is 0.322 e. The Bertz CT molecular complexity index is 1350. The number of nitrogens with zero attached hydrogens (tertiary/aromatic N) is 5. The van der Waals surface area contributed by atoms with Gasteiger partial charge in [-0.05, 0) is 49.1 Å². The van der Waals surface area contributed by atoms with Crippen LogP contribution in [0.15, 0.2) is 53.3 Å². The Kier molecular flexibility index (Phi) is 6.50. The zero-order valence-corrected chi connectivity index (χ0v) is 21.4. The Morgan fingerprint density at radius 3 is 2.59 bits per heavy atom. The maximum atomic E-state index is 13.3. The molecular weight excluding hydrogens is 488 g/mol. The van der Waals surface area contributed by atoms with Crippen LogP contribution in [0, 0.1) is 11.8 Å². The number of carbonyl (C=O) groups excluding carboxylic acids is 2. The fraction of sp³-hybridized carbons (Fsp3) is 0.444. The van der Waals surface area contributed by atoms with E-state index in [0.717, 1.165) is 42.9 Å². The molecule has 2 saturated heterocycles. The van der Waals surface area contributed by atoms with E-state index in [9.17, 15) is 14.4 Å². The molecule has 2 bridgehead atoms. The summed E-state index contributed by atoms with van der Waals surface area (Å²) >= 11 is 1.04. The molecule has 192 valence electrons. The molecule has 0 spiro atoms. The van der Waals surface area contributed by atoms with Crippen LogP contribution in [0.5, 0.6) is 0 Å². The minimum atomic E-state index is -0.247. The van der Waals surface area contributed by atoms with E-state index in [1.807, 2.05) is 21.6 Å². The number of aromatic nitrogens is 3. The molecule has 1 N–H and O–H groups in total. The SMILES string of the molecule is O=C(Nc1snnc1C(=O)N1CCC(Cc2ccccc2)CC1)N1C[C@H]2C[C@@H](C1)c1cccc(=O)n1C2. The van der Waals surface area contributed by atoms with Crippen molar-refractivity contribution in [1.29, 1.82) is 0 Å². The number of pyridine rings is 1. The van der Waals surface area contributed by atoms with Gasteiger partial charge >= 0.3 is 6.03 Å². The second kappa shape index (κ2) is 10.1. The number of likely N-dealkylation sites (tertiary alicyclic amines) is 2. The van der Waals surface area contributed by atoms with Crippen LogP contribution >= 0.6 is 11.5 Å². The van der Waals surface area contributed by atoms with Gasteiger partial charge in [-0.3, -0.25) is 14.9 Å². The average molecular weight is 519 g/mol. The number of fused-ring (bicyclic) bond motifs is 4. The van der Waals surface area contributed by atoms with Crippen LogP contribution < -0.4 is 10.9 Å². The number of nitrogens with one attached hydrogen (secondary N) is 1. The molecule has 6 rings (SSSR count). The van der Waals surface area contributed by atoms with Crippen molar-refractivity contribution in [3.63, 3.8) is 0 Å². The Hall–Kier alpha value is -3.53. The van der Waals surface area contributed by atoms with E-state index in [1.165, 1.54) is 5.56 Å². The number of anilines is 1. The fourth-order valence-corrected chi connectivity index (χ4v) is 6.64. The summed E-state index contributed by atoms with van der Waals surface area (Å²) in [5, 5.41) is 7.39. The zero-order valence-electron chi connectivity index (χ0n) is 20.6. The number of urea groups is 1. The molecule has 0 saturated carbocycles. The number of hydrogen-bond acceptors (Lipinski definition) is 6. The van der Waals surface area contributed by atoms with Crippen LogP contribution in [-0.4, -0.2) is 62.1 Å². The molecular formula is C27H30N6O3S. The predicted molar refractivity (Wildman–Crippen MR) is 141 cm³/mol. The summed E-state index contributed by atoms with van der Waals surface area (Å²) in [6.45, 7) is 3.09. The number of rotatable bonds is 4. The summed E-state index contributed by atoms with van der Waals surface area (Å²) in [6.07, 6.45) is 3.89. The molecule has 3 amide bonds. The van der Waals surface area contributed by atoms with Gasteiger partial charge in [-0.25, -0.2) is 4.79 Å². The van der Waals surface area contributed by atoms with Gasteiger partial charge in [-0.15, -0.1) is 5.10 Å². The number of amides is 3. The van der Waals surface area contributed by atoms with Gasteiger partial charge < -0.3 is 14.4 Å². The quantitative estimate of drug-likeness (QED) is 0.570. The Balaban J connectivity index is 1.08. The fourth-order valence-electron chi connectivity index (χ4n) is 6.09. The molecule has 37 heavy (non-hydrogen) atoms. The van der Waals surface area contributed by atoms with Crippen LogP contribution in [0.25, 0.3) is 0 Å². The zero-order chi connectivity index (χ0) is 25.4. The summed E-state index contributed by atoms with van der Waals surface area (Å²) in [6, 6.07) is 15.6. The van der Waals surface area contributed by atoms with E-state index in [1.54, 1.807) is 17.0 Å². The van der Waals surface area contributed by atoms with Crippen LogP contribution in [-0.2, 0) is 13.0 Å². The maximum Gasteiger partial charge on any atom is 0.322 e. The first-order valence-electron chi connectivity index (χ1n) is 13.0. The lowest BCUT2D eigenvalue weighted by molar-refractivity contribution is 0.0685. The van der Waals surface area contributed by atoms with Gasteiger partial charge in [-0.1, -0.05) is 40.9 Å². The molecule has 0 radical (unpaired) electrons. The van der Waals surface area contributed by atoms with Crippen molar-refractivity contribution < 1.29 is 9.59 Å². The van der Waals surface area contributed by atoms with Gasteiger partial charge in [0.1, 0.15) is 0 Å². The molecule has 9 nitrogen and oxygen atoms in total. The Morgan fingerprint density at radius 2 is 1.78 bits per heavy atom. The molecule has 3 aliphatic heterocycles. The van der Waals surface area contributed by atoms with Gasteiger partial charge in [-0.2, -0.15) is 0 Å². The lowest BCUT2D eigenvalue weighted by Gasteiger charge is -2.42. The first-order chi connectivity index (χ1) is 18.0. The lowest BCUT2D eigenvalue weighted by atomic mass is 9.83. The van der Waals surface area contributed by atoms with E-state index in [-0.39, 0.29) is 35.0 Å². The number of carbonyl (C=O) groups is 2. The highest BCUT2D eigenvalue weighted by atomic mass is 32.1. The monoisotopic (exact) mass is 518 g/mol. The molecule has 0 aliphatic carbocycles. The number of benzene rings is 1. The summed E-state index contributed by atoms with van der Waals surface area (Å²) in [7, 11) is 0. The van der Waals surface area contributed by atoms with Crippen molar-refractivity contribution in [2.45, 2.75) is 38.1 Å². The number of hydrogen-bond donors (Lipinski definition) is 1. The Labute approximate surface area is 219 Å². The third-order valence-electron chi connectivity index (χ3n) is 7.95. The van der Waals surface area contributed by atoms with Crippen molar-refractivity contribution in [1.82, 2.24) is 24.0 Å². The van der Waals surface area contributed by atoms with E-state index >= 15 is 0 Å². The summed E-state index contributed by atoms with van der Waals surface area (Å²) in [4.78, 5) is 42.4. The first kappa shape index (κ1) is 23.8. The van der Waals surface area contributed by atoms with Gasteiger partial charge in [0.2, 0.25) is 0 Å². The van der Waals surface area contributed by atoms with Crippen molar-refractivity contribution in [3.05, 3.63) is 75.8 Å². The molecule has 3 aromatic rings. The highest BCUT2D eigenvalue weighted by molar-refractivity contribution is 7.10. The van der Waals surface area contributed by atoms with Gasteiger partial charge in [0.25, 0.3) is 11.5 Å². The Morgan fingerprint density at radius 1 is 0.973 bits per heavy atom. The normalized spacial score (nSPS) is 21.4. The highest BCUT2D eigenvalue weighted by Gasteiger charge is 2.37. The molecule has 3 aliphatic rings. The van der Waals surface area contributed by atoms with Crippen LogP contribution in [0.4, 0.5) is 9.80 Å². The van der Waals surface area contributed by atoms with E-state index < -0.39 is 0 Å². The standard InChI is InChI=1S/C27H30N6O3S/c34-23-8-4-7-22-21-14-20(16-33(22)23)15-32(17-21)27(36)28-25-24(29-30-37-25)26(35)31-11-9-19(10-12-31)13-18-5-2-1-3-6-18/h1-8,19-21H,9-17H2,(H,28,36)/t20-,21+/m1/s1. The second-order valence-electron chi connectivity index (χ2n) is 10.4. The van der Waals surface area contributed by atoms with Crippen LogP contribution in [0.2, 0.25) is 0 Å². The van der Waals surface area contributed by atoms with Crippen molar-refractivity contribution in [2.24, 2.45) is 11.8 Å². The molecule has 2 fully saturated rings. The van der Waals surface area contributed by atoms with Gasteiger partial charge in [0.05, 0.1) is 0 Å². The van der Waals surface area contributed by atoms with Gasteiger partial charge in [0.15, 0.2) is 10.7 Å². The average Bonchev–Trinajstić information content (AvgIpc) is 3.38. The summed E-state index contributed by atoms with van der Waals surface area (Å²) < 4.78 is 5.82. The maximum absolute atomic E-state index is 13.3. The van der Waals surface area contributed by atoms with Gasteiger partial charge in [0, 0.05) is 61.9 Å². The van der Waals surface area contributed by atoms with Crippen molar-refractivity contribution >= 4 is 28.5 Å². The summed E-state index contributed by atoms with van der Waals surface area (Å²) in [5.74, 6) is 0.740. The first-order valence-corrected chi connectivity index (χ1v) is 13.7. The van der Waals surface area contributed by atoms with Crippen LogP contribution in [0.1, 0.15) is 46.9 Å². The molecule has 2 aromatic heterocycles. The molecule has 5 heterocycles.